The van der Waals surface area contributed by atoms with Crippen LogP contribution < -0.4 is 5.32 Å². The van der Waals surface area contributed by atoms with E-state index in [1.165, 1.54) is 12.1 Å². The Morgan fingerprint density at radius 1 is 1.30 bits per heavy atom. The van der Waals surface area contributed by atoms with Crippen LogP contribution in [-0.4, -0.2) is 27.0 Å². The first-order valence-corrected chi connectivity index (χ1v) is 6.67. The Labute approximate surface area is 127 Å². The van der Waals surface area contributed by atoms with E-state index in [1.54, 1.807) is 0 Å². The highest BCUT2D eigenvalue weighted by atomic mass is 19.4. The van der Waals surface area contributed by atoms with Gasteiger partial charge in [0, 0.05) is 6.42 Å². The van der Waals surface area contributed by atoms with E-state index in [0.29, 0.717) is 10.2 Å². The zero-order valence-electron chi connectivity index (χ0n) is 11.5. The van der Waals surface area contributed by atoms with Gasteiger partial charge in [-0.3, -0.25) is 0 Å². The molecule has 0 amide bonds. The van der Waals surface area contributed by atoms with E-state index >= 15 is 0 Å². The van der Waals surface area contributed by atoms with Crippen LogP contribution in [0.1, 0.15) is 34.4 Å². The predicted octanol–water partition coefficient (Wildman–Crippen LogP) is 3.38. The quantitative estimate of drug-likeness (QED) is 0.829. The van der Waals surface area contributed by atoms with Crippen molar-refractivity contribution in [3.8, 4) is 0 Å². The maximum atomic E-state index is 13.3. The number of nitrogens with zero attached hydrogens (tertiary/aromatic N) is 2. The third-order valence-electron chi connectivity index (χ3n) is 3.74. The van der Waals surface area contributed by atoms with Crippen molar-refractivity contribution >= 4 is 11.8 Å². The number of benzene rings is 1. The Morgan fingerprint density at radius 2 is 1.96 bits per heavy atom. The molecule has 0 saturated carbocycles. The van der Waals surface area contributed by atoms with Crippen molar-refractivity contribution in [2.45, 2.75) is 24.7 Å². The molecule has 0 bridgehead atoms. The summed E-state index contributed by atoms with van der Waals surface area (Å²) in [4.78, 5) is 11.2. The van der Waals surface area contributed by atoms with Crippen LogP contribution in [0.4, 0.5) is 23.4 Å². The van der Waals surface area contributed by atoms with Gasteiger partial charge >= 0.3 is 12.1 Å². The smallest absolute Gasteiger partial charge is 0.410 e. The van der Waals surface area contributed by atoms with E-state index in [9.17, 15) is 22.4 Å². The molecule has 0 unspecified atom stereocenters. The number of carboxylic acid groups (broad SMARTS) is 1. The van der Waals surface area contributed by atoms with Crippen LogP contribution >= 0.6 is 0 Å². The first-order chi connectivity index (χ1) is 10.8. The Bertz CT molecular complexity index is 739. The monoisotopic (exact) mass is 329 g/mol. The van der Waals surface area contributed by atoms with E-state index < -0.39 is 30.0 Å². The lowest BCUT2D eigenvalue weighted by Crippen LogP contribution is -2.36. The minimum absolute atomic E-state index is 0.208. The number of halogens is 4. The molecular formula is C14H11F4N3O2. The first-order valence-electron chi connectivity index (χ1n) is 6.67. The van der Waals surface area contributed by atoms with Crippen molar-refractivity contribution in [2.75, 3.05) is 5.32 Å². The summed E-state index contributed by atoms with van der Waals surface area (Å²) in [6, 6.07) is 2.26. The molecule has 0 aliphatic carbocycles. The van der Waals surface area contributed by atoms with E-state index in [0.717, 1.165) is 18.3 Å². The van der Waals surface area contributed by atoms with Crippen molar-refractivity contribution < 1.29 is 27.5 Å². The molecular weight excluding hydrogens is 318 g/mol. The van der Waals surface area contributed by atoms with Crippen molar-refractivity contribution in [3.05, 3.63) is 47.4 Å². The van der Waals surface area contributed by atoms with Gasteiger partial charge in [0.25, 0.3) is 0 Å². The zero-order valence-corrected chi connectivity index (χ0v) is 11.5. The van der Waals surface area contributed by atoms with Crippen molar-refractivity contribution in [1.82, 2.24) is 9.78 Å². The second kappa shape index (κ2) is 5.25. The molecule has 2 atom stereocenters. The predicted molar refractivity (Wildman–Crippen MR) is 71.7 cm³/mol. The van der Waals surface area contributed by atoms with Crippen LogP contribution in [0.15, 0.2) is 30.5 Å². The molecule has 0 fully saturated rings. The normalized spacial score (nSPS) is 20.7. The van der Waals surface area contributed by atoms with E-state index in [4.69, 9.17) is 5.11 Å². The number of anilines is 1. The SMILES string of the molecule is O=C(O)c1cnn2c1N[C@@H](c1ccc(F)cc1)C[C@@H]2C(F)(F)F. The van der Waals surface area contributed by atoms with Crippen LogP contribution in [0.5, 0.6) is 0 Å². The molecule has 0 radical (unpaired) electrons. The van der Waals surface area contributed by atoms with Crippen molar-refractivity contribution in [3.63, 3.8) is 0 Å². The molecule has 1 aromatic carbocycles. The fourth-order valence-electron chi connectivity index (χ4n) is 2.63. The number of alkyl halides is 3. The number of carbonyl (C=O) groups is 1. The molecule has 23 heavy (non-hydrogen) atoms. The van der Waals surface area contributed by atoms with Gasteiger partial charge in [-0.15, -0.1) is 0 Å². The highest BCUT2D eigenvalue weighted by Crippen LogP contribution is 2.44. The number of nitrogens with one attached hydrogen (secondary N) is 1. The Morgan fingerprint density at radius 3 is 2.52 bits per heavy atom. The lowest BCUT2D eigenvalue weighted by atomic mass is 9.96. The van der Waals surface area contributed by atoms with E-state index in [2.05, 4.69) is 10.4 Å². The number of hydrogen-bond donors (Lipinski definition) is 2. The summed E-state index contributed by atoms with van der Waals surface area (Å²) in [6.07, 6.45) is -4.07. The maximum absolute atomic E-state index is 13.3. The molecule has 2 aromatic rings. The summed E-state index contributed by atoms with van der Waals surface area (Å²) in [5, 5.41) is 15.4. The Hall–Kier alpha value is -2.58. The summed E-state index contributed by atoms with van der Waals surface area (Å²) in [5.74, 6) is -2.09. The maximum Gasteiger partial charge on any atom is 0.410 e. The minimum atomic E-state index is -4.59. The third kappa shape index (κ3) is 2.73. The van der Waals surface area contributed by atoms with Gasteiger partial charge in [0.05, 0.1) is 12.2 Å². The highest BCUT2D eigenvalue weighted by Gasteiger charge is 2.47. The lowest BCUT2D eigenvalue weighted by Gasteiger charge is -2.33. The number of fused-ring (bicyclic) bond motifs is 1. The highest BCUT2D eigenvalue weighted by molar-refractivity contribution is 5.93. The van der Waals surface area contributed by atoms with Crippen molar-refractivity contribution in [1.29, 1.82) is 0 Å². The van der Waals surface area contributed by atoms with Crippen LogP contribution in [0.3, 0.4) is 0 Å². The van der Waals surface area contributed by atoms with E-state index in [-0.39, 0.29) is 17.8 Å². The van der Waals surface area contributed by atoms with Gasteiger partial charge in [-0.05, 0) is 17.7 Å². The number of aromatic carboxylic acids is 1. The van der Waals surface area contributed by atoms with Gasteiger partial charge in [-0.1, -0.05) is 12.1 Å². The summed E-state index contributed by atoms with van der Waals surface area (Å²) in [6.45, 7) is 0. The van der Waals surface area contributed by atoms with Gasteiger partial charge < -0.3 is 10.4 Å². The summed E-state index contributed by atoms with van der Waals surface area (Å²) in [7, 11) is 0. The van der Waals surface area contributed by atoms with Gasteiger partial charge in [0.15, 0.2) is 6.04 Å². The topological polar surface area (TPSA) is 67.1 Å². The summed E-state index contributed by atoms with van der Waals surface area (Å²) >= 11 is 0. The third-order valence-corrected chi connectivity index (χ3v) is 3.74. The van der Waals surface area contributed by atoms with Gasteiger partial charge in [-0.2, -0.15) is 18.3 Å². The Balaban J connectivity index is 2.05. The second-order valence-electron chi connectivity index (χ2n) is 5.20. The molecule has 2 N–H and O–H groups in total. The molecule has 1 aromatic heterocycles. The van der Waals surface area contributed by atoms with Gasteiger partial charge in [-0.25, -0.2) is 13.9 Å². The lowest BCUT2D eigenvalue weighted by molar-refractivity contribution is -0.173. The fraction of sp³-hybridized carbons (Fsp3) is 0.286. The van der Waals surface area contributed by atoms with Crippen LogP contribution in [0.25, 0.3) is 0 Å². The van der Waals surface area contributed by atoms with E-state index in [1.807, 2.05) is 0 Å². The van der Waals surface area contributed by atoms with Gasteiger partial charge in [0.1, 0.15) is 17.2 Å². The molecule has 2 heterocycles. The molecule has 9 heteroatoms. The molecule has 3 rings (SSSR count). The van der Waals surface area contributed by atoms with Crippen LogP contribution in [0.2, 0.25) is 0 Å². The average molecular weight is 329 g/mol. The fourth-order valence-corrected chi connectivity index (χ4v) is 2.63. The van der Waals surface area contributed by atoms with Crippen molar-refractivity contribution in [2.24, 2.45) is 0 Å². The number of hydrogen-bond acceptors (Lipinski definition) is 3. The number of aromatic nitrogens is 2. The molecule has 1 aliphatic heterocycles. The molecule has 5 nitrogen and oxygen atoms in total. The zero-order chi connectivity index (χ0) is 16.8. The average Bonchev–Trinajstić information content (AvgIpc) is 2.89. The van der Waals surface area contributed by atoms with Crippen LogP contribution in [0, 0.1) is 5.82 Å². The molecule has 0 saturated heterocycles. The van der Waals surface area contributed by atoms with Gasteiger partial charge in [0.2, 0.25) is 0 Å². The molecule has 1 aliphatic rings. The minimum Gasteiger partial charge on any atom is -0.477 e. The number of rotatable bonds is 2. The number of carboxylic acids is 1. The standard InChI is InChI=1S/C14H11F4N3O2/c15-8-3-1-7(2-4-8)10-5-11(14(16,17)18)21-12(20-10)9(6-19-21)13(22)23/h1-4,6,10-11,20H,5H2,(H,22,23)/t10-,11-/m1/s1. The summed E-state index contributed by atoms with van der Waals surface area (Å²) < 4.78 is 53.5. The summed E-state index contributed by atoms with van der Waals surface area (Å²) in [5.41, 5.74) is 0.0931. The molecule has 122 valence electrons. The Kier molecular flexibility index (Phi) is 3.50. The second-order valence-corrected chi connectivity index (χ2v) is 5.20. The van der Waals surface area contributed by atoms with Crippen LogP contribution in [-0.2, 0) is 0 Å². The largest absolute Gasteiger partial charge is 0.477 e. The first kappa shape index (κ1) is 15.3. The molecule has 0 spiro atoms.